The molecule has 0 N–H and O–H groups in total. The maximum absolute atomic E-state index is 12.9. The normalized spacial score (nSPS) is 14.5. The standard InChI is InChI=1S/C22H28N6OS/c1-15-6-5-7-18(14-15)26-10-12-27(13-11-26)20(29)9-8-19-16(2)23-21-24-22(30-4)25-28(21)17(19)3/h5-7,14H,8-13H2,1-4H3. The number of amides is 1. The summed E-state index contributed by atoms with van der Waals surface area (Å²) in [6.07, 6.45) is 3.12. The maximum Gasteiger partial charge on any atom is 0.253 e. The quantitative estimate of drug-likeness (QED) is 0.587. The van der Waals surface area contributed by atoms with Gasteiger partial charge in [0.25, 0.3) is 5.78 Å². The van der Waals surface area contributed by atoms with E-state index in [4.69, 9.17) is 0 Å². The maximum atomic E-state index is 12.9. The van der Waals surface area contributed by atoms with Gasteiger partial charge in [-0.1, -0.05) is 23.9 Å². The molecule has 0 spiro atoms. The van der Waals surface area contributed by atoms with Crippen LogP contribution in [0.4, 0.5) is 5.69 Å². The van der Waals surface area contributed by atoms with Gasteiger partial charge in [-0.2, -0.15) is 4.98 Å². The van der Waals surface area contributed by atoms with Crippen molar-refractivity contribution in [1.82, 2.24) is 24.5 Å². The number of carbonyl (C=O) groups is 1. The molecule has 7 nitrogen and oxygen atoms in total. The molecule has 158 valence electrons. The van der Waals surface area contributed by atoms with E-state index in [1.165, 1.54) is 23.0 Å². The Morgan fingerprint density at radius 3 is 2.57 bits per heavy atom. The molecule has 0 aliphatic carbocycles. The van der Waals surface area contributed by atoms with Crippen molar-refractivity contribution in [2.24, 2.45) is 0 Å². The summed E-state index contributed by atoms with van der Waals surface area (Å²) in [6, 6.07) is 8.56. The number of benzene rings is 1. The fourth-order valence-corrected chi connectivity index (χ4v) is 4.40. The molecule has 1 fully saturated rings. The first-order valence-electron chi connectivity index (χ1n) is 10.3. The third kappa shape index (κ3) is 4.14. The van der Waals surface area contributed by atoms with Crippen LogP contribution < -0.4 is 4.90 Å². The molecule has 1 amide bonds. The third-order valence-corrected chi connectivity index (χ3v) is 6.34. The summed E-state index contributed by atoms with van der Waals surface area (Å²) in [5.41, 5.74) is 5.54. The predicted octanol–water partition coefficient (Wildman–Crippen LogP) is 3.05. The number of aryl methyl sites for hydroxylation is 3. The van der Waals surface area contributed by atoms with Crippen molar-refractivity contribution in [2.45, 2.75) is 38.8 Å². The SMILES string of the molecule is CSc1nc2nc(C)c(CCC(=O)N3CCN(c4cccc(C)c4)CC3)c(C)n2n1. The number of hydrogen-bond donors (Lipinski definition) is 0. The van der Waals surface area contributed by atoms with Crippen molar-refractivity contribution in [3.63, 3.8) is 0 Å². The molecule has 0 unspecified atom stereocenters. The van der Waals surface area contributed by atoms with E-state index >= 15 is 0 Å². The lowest BCUT2D eigenvalue weighted by molar-refractivity contribution is -0.131. The molecule has 8 heteroatoms. The lowest BCUT2D eigenvalue weighted by Gasteiger charge is -2.36. The summed E-state index contributed by atoms with van der Waals surface area (Å²) in [7, 11) is 0. The van der Waals surface area contributed by atoms with Crippen LogP contribution in [0.1, 0.15) is 28.9 Å². The van der Waals surface area contributed by atoms with Gasteiger partial charge in [0, 0.05) is 49.7 Å². The molecule has 1 aliphatic heterocycles. The lowest BCUT2D eigenvalue weighted by atomic mass is 10.1. The summed E-state index contributed by atoms with van der Waals surface area (Å²) in [5.74, 6) is 0.831. The van der Waals surface area contributed by atoms with Crippen molar-refractivity contribution in [2.75, 3.05) is 37.3 Å². The lowest BCUT2D eigenvalue weighted by Crippen LogP contribution is -2.48. The molecular weight excluding hydrogens is 396 g/mol. The molecule has 1 aromatic carbocycles. The van der Waals surface area contributed by atoms with Crippen molar-refractivity contribution in [1.29, 1.82) is 0 Å². The molecule has 2 aromatic heterocycles. The molecule has 0 saturated carbocycles. The van der Waals surface area contributed by atoms with Gasteiger partial charge in [-0.15, -0.1) is 5.10 Å². The highest BCUT2D eigenvalue weighted by molar-refractivity contribution is 7.98. The van der Waals surface area contributed by atoms with Gasteiger partial charge in [-0.3, -0.25) is 4.79 Å². The van der Waals surface area contributed by atoms with Crippen LogP contribution in [0.25, 0.3) is 5.78 Å². The molecule has 30 heavy (non-hydrogen) atoms. The minimum absolute atomic E-state index is 0.209. The predicted molar refractivity (Wildman–Crippen MR) is 120 cm³/mol. The van der Waals surface area contributed by atoms with Crippen LogP contribution in [-0.4, -0.2) is 62.8 Å². The van der Waals surface area contributed by atoms with Crippen molar-refractivity contribution in [3.05, 3.63) is 46.8 Å². The van der Waals surface area contributed by atoms with E-state index in [0.29, 0.717) is 23.8 Å². The number of piperazine rings is 1. The zero-order valence-corrected chi connectivity index (χ0v) is 18.9. The largest absolute Gasteiger partial charge is 0.368 e. The second kappa shape index (κ2) is 8.63. The summed E-state index contributed by atoms with van der Waals surface area (Å²) in [4.78, 5) is 26.2. The highest BCUT2D eigenvalue weighted by Crippen LogP contribution is 2.20. The Hall–Kier alpha value is -2.61. The number of hydrogen-bond acceptors (Lipinski definition) is 6. The highest BCUT2D eigenvalue weighted by atomic mass is 32.2. The van der Waals surface area contributed by atoms with E-state index in [1.807, 2.05) is 25.0 Å². The minimum atomic E-state index is 0.209. The Morgan fingerprint density at radius 1 is 1.10 bits per heavy atom. The first-order chi connectivity index (χ1) is 14.5. The summed E-state index contributed by atoms with van der Waals surface area (Å²) in [5, 5.41) is 5.21. The van der Waals surface area contributed by atoms with E-state index in [-0.39, 0.29) is 5.91 Å². The molecule has 0 atom stereocenters. The van der Waals surface area contributed by atoms with Gasteiger partial charge in [-0.25, -0.2) is 9.50 Å². The van der Waals surface area contributed by atoms with Gasteiger partial charge in [-0.05, 0) is 56.7 Å². The molecule has 3 aromatic rings. The Bertz CT molecular complexity index is 1070. The molecule has 1 saturated heterocycles. The monoisotopic (exact) mass is 424 g/mol. The fraction of sp³-hybridized carbons (Fsp3) is 0.455. The number of carbonyl (C=O) groups excluding carboxylic acids is 1. The average Bonchev–Trinajstić information content (AvgIpc) is 3.17. The van der Waals surface area contributed by atoms with E-state index in [2.05, 4.69) is 51.2 Å². The van der Waals surface area contributed by atoms with Crippen LogP contribution >= 0.6 is 11.8 Å². The first-order valence-corrected chi connectivity index (χ1v) is 11.5. The van der Waals surface area contributed by atoms with Crippen LogP contribution in [0, 0.1) is 20.8 Å². The fourth-order valence-electron chi connectivity index (χ4n) is 4.07. The van der Waals surface area contributed by atoms with Gasteiger partial charge >= 0.3 is 0 Å². The number of fused-ring (bicyclic) bond motifs is 1. The van der Waals surface area contributed by atoms with Crippen LogP contribution in [-0.2, 0) is 11.2 Å². The van der Waals surface area contributed by atoms with Gasteiger partial charge in [0.15, 0.2) is 0 Å². The smallest absolute Gasteiger partial charge is 0.253 e. The highest BCUT2D eigenvalue weighted by Gasteiger charge is 2.22. The van der Waals surface area contributed by atoms with Gasteiger partial charge in [0.2, 0.25) is 11.1 Å². The summed E-state index contributed by atoms with van der Waals surface area (Å²) < 4.78 is 1.79. The van der Waals surface area contributed by atoms with Crippen LogP contribution in [0.3, 0.4) is 0 Å². The second-order valence-corrected chi connectivity index (χ2v) is 8.55. The Kier molecular flexibility index (Phi) is 5.94. The molecular formula is C22H28N6OS. The zero-order chi connectivity index (χ0) is 21.3. The van der Waals surface area contributed by atoms with E-state index in [9.17, 15) is 4.79 Å². The van der Waals surface area contributed by atoms with Crippen molar-refractivity contribution < 1.29 is 4.79 Å². The molecule has 4 rings (SSSR count). The number of nitrogens with zero attached hydrogens (tertiary/aromatic N) is 6. The first kappa shape index (κ1) is 20.7. The van der Waals surface area contributed by atoms with Crippen LogP contribution in [0.15, 0.2) is 29.4 Å². The second-order valence-electron chi connectivity index (χ2n) is 7.78. The van der Waals surface area contributed by atoms with E-state index in [1.54, 1.807) is 4.52 Å². The van der Waals surface area contributed by atoms with E-state index in [0.717, 1.165) is 43.1 Å². The summed E-state index contributed by atoms with van der Waals surface area (Å²) >= 11 is 1.50. The molecule has 3 heterocycles. The minimum Gasteiger partial charge on any atom is -0.368 e. The van der Waals surface area contributed by atoms with E-state index < -0.39 is 0 Å². The molecule has 1 aliphatic rings. The van der Waals surface area contributed by atoms with Crippen LogP contribution in [0.2, 0.25) is 0 Å². The average molecular weight is 425 g/mol. The van der Waals surface area contributed by atoms with Crippen LogP contribution in [0.5, 0.6) is 0 Å². The Balaban J connectivity index is 1.38. The van der Waals surface area contributed by atoms with Gasteiger partial charge in [0.1, 0.15) is 0 Å². The number of rotatable bonds is 5. The van der Waals surface area contributed by atoms with Gasteiger partial charge < -0.3 is 9.80 Å². The third-order valence-electron chi connectivity index (χ3n) is 5.80. The number of thioether (sulfide) groups is 1. The zero-order valence-electron chi connectivity index (χ0n) is 18.1. The number of aromatic nitrogens is 4. The van der Waals surface area contributed by atoms with Crippen molar-refractivity contribution >= 4 is 29.1 Å². The summed E-state index contributed by atoms with van der Waals surface area (Å²) in [6.45, 7) is 9.40. The molecule has 0 radical (unpaired) electrons. The molecule has 0 bridgehead atoms. The topological polar surface area (TPSA) is 66.6 Å². The van der Waals surface area contributed by atoms with Gasteiger partial charge in [0.05, 0.1) is 0 Å². The van der Waals surface area contributed by atoms with Crippen molar-refractivity contribution in [3.8, 4) is 0 Å². The Morgan fingerprint density at radius 2 is 1.87 bits per heavy atom. The Labute approximate surface area is 181 Å². The number of anilines is 1.